The van der Waals surface area contributed by atoms with Crippen LogP contribution in [0.25, 0.3) is 0 Å². The van der Waals surface area contributed by atoms with Crippen LogP contribution in [0.4, 0.5) is 11.4 Å². The molecular formula is C27H34N2O2. The van der Waals surface area contributed by atoms with Crippen molar-refractivity contribution >= 4 is 11.4 Å². The smallest absolute Gasteiger partial charge is 0.127 e. The first-order valence-electron chi connectivity index (χ1n) is 12.2. The molecule has 31 heavy (non-hydrogen) atoms. The predicted molar refractivity (Wildman–Crippen MR) is 127 cm³/mol. The standard InChI is InChI=1S/C27H34N2O2/c1-30-26-20(15-18-7-3-11-28-13-5-9-22(26)24(18)28)17-21-16-19-8-4-12-29-14-6-10-23(25(19)29)27(21)31-2/h15-16H,3-14,17H2,1-2H3. The molecule has 0 saturated heterocycles. The van der Waals surface area contributed by atoms with E-state index in [1.165, 1.54) is 109 Å². The van der Waals surface area contributed by atoms with Crippen LogP contribution < -0.4 is 19.3 Å². The van der Waals surface area contributed by atoms with E-state index in [-0.39, 0.29) is 0 Å². The molecule has 2 aromatic rings. The van der Waals surface area contributed by atoms with Gasteiger partial charge in [0.1, 0.15) is 11.5 Å². The highest BCUT2D eigenvalue weighted by Crippen LogP contribution is 2.46. The zero-order valence-corrected chi connectivity index (χ0v) is 19.1. The van der Waals surface area contributed by atoms with E-state index in [1.54, 1.807) is 0 Å². The van der Waals surface area contributed by atoms with Crippen molar-refractivity contribution in [2.24, 2.45) is 0 Å². The van der Waals surface area contributed by atoms with Crippen molar-refractivity contribution < 1.29 is 9.47 Å². The van der Waals surface area contributed by atoms with Crippen LogP contribution in [0.2, 0.25) is 0 Å². The van der Waals surface area contributed by atoms with E-state index >= 15 is 0 Å². The van der Waals surface area contributed by atoms with Crippen molar-refractivity contribution in [1.82, 2.24) is 0 Å². The van der Waals surface area contributed by atoms with Gasteiger partial charge in [0.15, 0.2) is 0 Å². The average Bonchev–Trinajstić information content (AvgIpc) is 2.80. The molecule has 0 radical (unpaired) electrons. The molecule has 4 nitrogen and oxygen atoms in total. The SMILES string of the molecule is COc1c(Cc2cc3c4c(c2OC)CCCN4CCC3)cc2c3c1CCCN3CCC2. The number of ether oxygens (including phenoxy) is 2. The Morgan fingerprint density at radius 3 is 1.48 bits per heavy atom. The van der Waals surface area contributed by atoms with Gasteiger partial charge in [0, 0.05) is 55.1 Å². The normalized spacial score (nSPS) is 19.0. The van der Waals surface area contributed by atoms with Crippen LogP contribution >= 0.6 is 0 Å². The molecule has 0 fully saturated rings. The second kappa shape index (κ2) is 7.65. The van der Waals surface area contributed by atoms with Gasteiger partial charge in [0.05, 0.1) is 14.2 Å². The lowest BCUT2D eigenvalue weighted by atomic mass is 9.85. The van der Waals surface area contributed by atoms with Gasteiger partial charge in [-0.25, -0.2) is 0 Å². The summed E-state index contributed by atoms with van der Waals surface area (Å²) in [4.78, 5) is 5.20. The summed E-state index contributed by atoms with van der Waals surface area (Å²) < 4.78 is 12.2. The van der Waals surface area contributed by atoms with E-state index in [9.17, 15) is 0 Å². The quantitative estimate of drug-likeness (QED) is 0.719. The third kappa shape index (κ3) is 3.01. The molecule has 0 saturated carbocycles. The van der Waals surface area contributed by atoms with E-state index in [0.717, 1.165) is 30.8 Å². The first kappa shape index (κ1) is 19.3. The maximum absolute atomic E-state index is 6.08. The van der Waals surface area contributed by atoms with Crippen LogP contribution in [0.15, 0.2) is 12.1 Å². The monoisotopic (exact) mass is 418 g/mol. The predicted octanol–water partition coefficient (Wildman–Crippen LogP) is 4.69. The Morgan fingerprint density at radius 2 is 1.06 bits per heavy atom. The largest absolute Gasteiger partial charge is 0.496 e. The van der Waals surface area contributed by atoms with E-state index in [0.29, 0.717) is 0 Å². The number of hydrogen-bond donors (Lipinski definition) is 0. The molecule has 0 unspecified atom stereocenters. The van der Waals surface area contributed by atoms with Gasteiger partial charge in [-0.3, -0.25) is 0 Å². The molecule has 0 bridgehead atoms. The maximum Gasteiger partial charge on any atom is 0.127 e. The van der Waals surface area contributed by atoms with Crippen molar-refractivity contribution in [3.63, 3.8) is 0 Å². The Bertz CT molecular complexity index is 943. The third-order valence-electron chi connectivity index (χ3n) is 7.89. The number of methoxy groups -OCH3 is 2. The molecule has 4 aliphatic rings. The van der Waals surface area contributed by atoms with Crippen LogP contribution in [0, 0.1) is 0 Å². The van der Waals surface area contributed by atoms with Gasteiger partial charge in [0.25, 0.3) is 0 Å². The summed E-state index contributed by atoms with van der Waals surface area (Å²) in [5.74, 6) is 2.25. The highest BCUT2D eigenvalue weighted by molar-refractivity contribution is 5.72. The summed E-state index contributed by atoms with van der Waals surface area (Å²) in [6, 6.07) is 4.90. The molecular weight excluding hydrogens is 384 g/mol. The average molecular weight is 419 g/mol. The zero-order chi connectivity index (χ0) is 20.9. The van der Waals surface area contributed by atoms with Gasteiger partial charge < -0.3 is 19.3 Å². The molecule has 4 aliphatic heterocycles. The minimum Gasteiger partial charge on any atom is -0.496 e. The van der Waals surface area contributed by atoms with Crippen molar-refractivity contribution in [3.05, 3.63) is 45.5 Å². The van der Waals surface area contributed by atoms with Crippen LogP contribution in [0.1, 0.15) is 59.1 Å². The van der Waals surface area contributed by atoms with E-state index in [2.05, 4.69) is 21.9 Å². The molecule has 0 amide bonds. The Kier molecular flexibility index (Phi) is 4.77. The van der Waals surface area contributed by atoms with Crippen molar-refractivity contribution in [3.8, 4) is 11.5 Å². The first-order chi connectivity index (χ1) is 15.3. The van der Waals surface area contributed by atoms with Crippen LogP contribution in [0.3, 0.4) is 0 Å². The molecule has 164 valence electrons. The summed E-state index contributed by atoms with van der Waals surface area (Å²) >= 11 is 0. The van der Waals surface area contributed by atoms with Crippen LogP contribution in [0.5, 0.6) is 11.5 Å². The zero-order valence-electron chi connectivity index (χ0n) is 19.1. The molecule has 0 aliphatic carbocycles. The second-order valence-electron chi connectivity index (χ2n) is 9.68. The molecule has 4 heteroatoms. The minimum absolute atomic E-state index is 0.896. The summed E-state index contributed by atoms with van der Waals surface area (Å²) in [5.41, 5.74) is 11.6. The number of rotatable bonds is 4. The van der Waals surface area contributed by atoms with Gasteiger partial charge in [0.2, 0.25) is 0 Å². The molecule has 0 spiro atoms. The Labute approximate surface area is 186 Å². The molecule has 0 atom stereocenters. The Morgan fingerprint density at radius 1 is 0.645 bits per heavy atom. The van der Waals surface area contributed by atoms with Crippen molar-refractivity contribution in [2.75, 3.05) is 50.2 Å². The number of hydrogen-bond acceptors (Lipinski definition) is 4. The Hall–Kier alpha value is -2.36. The summed E-state index contributed by atoms with van der Waals surface area (Å²) in [7, 11) is 3.71. The maximum atomic E-state index is 6.08. The third-order valence-corrected chi connectivity index (χ3v) is 7.89. The molecule has 6 rings (SSSR count). The number of nitrogens with zero attached hydrogens (tertiary/aromatic N) is 2. The lowest BCUT2D eigenvalue weighted by Gasteiger charge is -2.39. The minimum atomic E-state index is 0.896. The summed E-state index contributed by atoms with van der Waals surface area (Å²) in [6.45, 7) is 4.78. The fraction of sp³-hybridized carbons (Fsp3) is 0.556. The number of benzene rings is 2. The second-order valence-corrected chi connectivity index (χ2v) is 9.68. The van der Waals surface area contributed by atoms with E-state index in [4.69, 9.17) is 9.47 Å². The molecule has 0 aromatic heterocycles. The summed E-state index contributed by atoms with van der Waals surface area (Å²) in [5, 5.41) is 0. The van der Waals surface area contributed by atoms with E-state index < -0.39 is 0 Å². The van der Waals surface area contributed by atoms with E-state index in [1.807, 2.05) is 14.2 Å². The molecule has 2 aromatic carbocycles. The van der Waals surface area contributed by atoms with Gasteiger partial charge in [-0.05, 0) is 85.8 Å². The Balaban J connectivity index is 1.48. The van der Waals surface area contributed by atoms with Gasteiger partial charge in [-0.2, -0.15) is 0 Å². The van der Waals surface area contributed by atoms with Gasteiger partial charge in [-0.15, -0.1) is 0 Å². The van der Waals surface area contributed by atoms with Crippen molar-refractivity contribution in [1.29, 1.82) is 0 Å². The highest BCUT2D eigenvalue weighted by Gasteiger charge is 2.31. The van der Waals surface area contributed by atoms with Crippen molar-refractivity contribution in [2.45, 2.75) is 57.8 Å². The number of anilines is 2. The van der Waals surface area contributed by atoms with Crippen LogP contribution in [-0.4, -0.2) is 40.4 Å². The number of aryl methyl sites for hydroxylation is 2. The first-order valence-corrected chi connectivity index (χ1v) is 12.2. The van der Waals surface area contributed by atoms with Gasteiger partial charge in [-0.1, -0.05) is 0 Å². The van der Waals surface area contributed by atoms with Crippen LogP contribution in [-0.2, 0) is 32.1 Å². The summed E-state index contributed by atoms with van der Waals surface area (Å²) in [6.07, 6.45) is 10.5. The lowest BCUT2D eigenvalue weighted by molar-refractivity contribution is 0.397. The fourth-order valence-corrected chi connectivity index (χ4v) is 6.77. The van der Waals surface area contributed by atoms with Gasteiger partial charge >= 0.3 is 0 Å². The lowest BCUT2D eigenvalue weighted by Crippen LogP contribution is -2.35. The fourth-order valence-electron chi connectivity index (χ4n) is 6.77. The highest BCUT2D eigenvalue weighted by atomic mass is 16.5. The molecule has 4 heterocycles. The topological polar surface area (TPSA) is 24.9 Å². The molecule has 0 N–H and O–H groups in total.